The minimum Gasteiger partial charge on any atom is -0.436 e. The van der Waals surface area contributed by atoms with Gasteiger partial charge in [0.25, 0.3) is 0 Å². The van der Waals surface area contributed by atoms with Crippen LogP contribution in [-0.2, 0) is 6.18 Å². The van der Waals surface area contributed by atoms with E-state index in [4.69, 9.17) is 27.9 Å². The van der Waals surface area contributed by atoms with Gasteiger partial charge < -0.3 is 4.74 Å². The maximum atomic E-state index is 12.5. The quantitative estimate of drug-likeness (QED) is 0.635. The second-order valence-corrected chi connectivity index (χ2v) is 5.42. The fourth-order valence-electron chi connectivity index (χ4n) is 1.32. The Hall–Kier alpha value is -0.980. The first kappa shape index (κ1) is 15.4. The molecule has 1 heterocycles. The van der Waals surface area contributed by atoms with Crippen molar-refractivity contribution in [2.45, 2.75) is 6.18 Å². The Bertz CT molecular complexity index is 649. The normalized spacial score (nSPS) is 11.5. The molecule has 1 aromatic carbocycles. The van der Waals surface area contributed by atoms with Gasteiger partial charge in [0.05, 0.1) is 10.6 Å². The monoisotopic (exact) mass is 385 g/mol. The highest BCUT2D eigenvalue weighted by Gasteiger charge is 2.31. The fraction of sp³-hybridized carbons (Fsp3) is 0.0833. The lowest BCUT2D eigenvalue weighted by Gasteiger charge is -2.11. The number of pyridine rings is 1. The van der Waals surface area contributed by atoms with Crippen molar-refractivity contribution in [3.63, 3.8) is 0 Å². The van der Waals surface area contributed by atoms with Crippen molar-refractivity contribution < 1.29 is 17.9 Å². The SMILES string of the molecule is FC(F)(F)c1cnc(Oc2ccc(Br)cc2Cl)c(Cl)c1. The molecule has 20 heavy (non-hydrogen) atoms. The summed E-state index contributed by atoms with van der Waals surface area (Å²) >= 11 is 14.9. The van der Waals surface area contributed by atoms with E-state index in [2.05, 4.69) is 20.9 Å². The molecule has 0 N–H and O–H groups in total. The largest absolute Gasteiger partial charge is 0.436 e. The van der Waals surface area contributed by atoms with Gasteiger partial charge in [-0.15, -0.1) is 0 Å². The number of hydrogen-bond acceptors (Lipinski definition) is 2. The van der Waals surface area contributed by atoms with E-state index >= 15 is 0 Å². The standard InChI is InChI=1S/C12H5BrCl2F3NO/c13-7-1-2-10(8(14)4-7)20-11-9(15)3-6(5-19-11)12(16,17)18/h1-5H. The van der Waals surface area contributed by atoms with Crippen LogP contribution in [0.25, 0.3) is 0 Å². The van der Waals surface area contributed by atoms with Crippen LogP contribution in [-0.4, -0.2) is 4.98 Å². The lowest BCUT2D eigenvalue weighted by atomic mass is 10.3. The maximum Gasteiger partial charge on any atom is 0.417 e. The average Bonchev–Trinajstić information content (AvgIpc) is 2.33. The van der Waals surface area contributed by atoms with Gasteiger partial charge in [-0.1, -0.05) is 39.1 Å². The number of halogens is 6. The van der Waals surface area contributed by atoms with Gasteiger partial charge in [0.2, 0.25) is 5.88 Å². The maximum absolute atomic E-state index is 12.5. The topological polar surface area (TPSA) is 22.1 Å². The predicted octanol–water partition coefficient (Wildman–Crippen LogP) is 5.96. The van der Waals surface area contributed by atoms with Crippen LogP contribution in [0, 0.1) is 0 Å². The minimum atomic E-state index is -4.51. The summed E-state index contributed by atoms with van der Waals surface area (Å²) in [6, 6.07) is 5.53. The fourth-order valence-corrected chi connectivity index (χ4v) is 2.23. The number of rotatable bonds is 2. The first-order valence-corrected chi connectivity index (χ1v) is 6.68. The molecule has 1 aromatic heterocycles. The molecule has 0 fully saturated rings. The lowest BCUT2D eigenvalue weighted by molar-refractivity contribution is -0.137. The number of aromatic nitrogens is 1. The summed E-state index contributed by atoms with van der Waals surface area (Å²) in [7, 11) is 0. The summed E-state index contributed by atoms with van der Waals surface area (Å²) < 4.78 is 43.4. The number of ether oxygens (including phenoxy) is 1. The zero-order valence-corrected chi connectivity index (χ0v) is 12.6. The van der Waals surface area contributed by atoms with Crippen molar-refractivity contribution in [3.05, 3.63) is 50.5 Å². The summed E-state index contributed by atoms with van der Waals surface area (Å²) in [5.74, 6) is 0.0907. The Morgan fingerprint density at radius 1 is 1.10 bits per heavy atom. The molecule has 0 amide bonds. The van der Waals surface area contributed by atoms with E-state index in [0.717, 1.165) is 10.5 Å². The van der Waals surface area contributed by atoms with Crippen LogP contribution in [0.4, 0.5) is 13.2 Å². The van der Waals surface area contributed by atoms with Gasteiger partial charge in [-0.3, -0.25) is 0 Å². The third kappa shape index (κ3) is 3.56. The number of nitrogens with zero attached hydrogens (tertiary/aromatic N) is 1. The Morgan fingerprint density at radius 2 is 1.80 bits per heavy atom. The Labute approximate surface area is 130 Å². The number of hydrogen-bond donors (Lipinski definition) is 0. The van der Waals surface area contributed by atoms with E-state index in [1.54, 1.807) is 18.2 Å². The Kier molecular flexibility index (Phi) is 4.46. The van der Waals surface area contributed by atoms with Crippen molar-refractivity contribution in [2.75, 3.05) is 0 Å². The van der Waals surface area contributed by atoms with E-state index in [-0.39, 0.29) is 21.7 Å². The first-order valence-electron chi connectivity index (χ1n) is 5.13. The molecule has 0 unspecified atom stereocenters. The molecule has 2 aromatic rings. The smallest absolute Gasteiger partial charge is 0.417 e. The zero-order valence-electron chi connectivity index (χ0n) is 9.51. The summed E-state index contributed by atoms with van der Waals surface area (Å²) in [5, 5.41) is 0.0240. The predicted molar refractivity (Wildman–Crippen MR) is 73.5 cm³/mol. The molecule has 0 aliphatic rings. The van der Waals surface area contributed by atoms with Crippen LogP contribution in [0.3, 0.4) is 0 Å². The van der Waals surface area contributed by atoms with Crippen molar-refractivity contribution in [1.82, 2.24) is 4.98 Å². The molecule has 0 aliphatic heterocycles. The van der Waals surface area contributed by atoms with Gasteiger partial charge >= 0.3 is 6.18 Å². The molecule has 0 saturated heterocycles. The Balaban J connectivity index is 2.30. The summed E-state index contributed by atoms with van der Waals surface area (Å²) in [4.78, 5) is 3.56. The molecule has 106 valence electrons. The molecule has 2 nitrogen and oxygen atoms in total. The van der Waals surface area contributed by atoms with E-state index in [9.17, 15) is 13.2 Å². The lowest BCUT2D eigenvalue weighted by Crippen LogP contribution is -2.05. The molecule has 0 saturated carbocycles. The number of alkyl halides is 3. The average molecular weight is 387 g/mol. The molecular formula is C12H5BrCl2F3NO. The van der Waals surface area contributed by atoms with Gasteiger partial charge in [0.1, 0.15) is 10.8 Å². The third-order valence-corrected chi connectivity index (χ3v) is 3.29. The van der Waals surface area contributed by atoms with Crippen LogP contribution >= 0.6 is 39.1 Å². The highest BCUT2D eigenvalue weighted by atomic mass is 79.9. The van der Waals surface area contributed by atoms with Crippen molar-refractivity contribution in [3.8, 4) is 11.6 Å². The van der Waals surface area contributed by atoms with E-state index in [1.165, 1.54) is 0 Å². The molecule has 0 bridgehead atoms. The van der Waals surface area contributed by atoms with Gasteiger partial charge in [-0.2, -0.15) is 13.2 Å². The zero-order chi connectivity index (χ0) is 14.9. The summed E-state index contributed by atoms with van der Waals surface area (Å²) in [6.45, 7) is 0. The van der Waals surface area contributed by atoms with Crippen LogP contribution in [0.15, 0.2) is 34.9 Å². The van der Waals surface area contributed by atoms with E-state index < -0.39 is 11.7 Å². The van der Waals surface area contributed by atoms with Crippen LogP contribution in [0.5, 0.6) is 11.6 Å². The second-order valence-electron chi connectivity index (χ2n) is 3.69. The summed E-state index contributed by atoms with van der Waals surface area (Å²) in [5.41, 5.74) is -0.947. The van der Waals surface area contributed by atoms with Crippen molar-refractivity contribution >= 4 is 39.1 Å². The van der Waals surface area contributed by atoms with E-state index in [0.29, 0.717) is 6.20 Å². The molecule has 0 radical (unpaired) electrons. The molecular weight excluding hydrogens is 382 g/mol. The second kappa shape index (κ2) is 5.79. The highest BCUT2D eigenvalue weighted by molar-refractivity contribution is 9.10. The Morgan fingerprint density at radius 3 is 2.35 bits per heavy atom. The molecule has 8 heteroatoms. The van der Waals surface area contributed by atoms with Crippen molar-refractivity contribution in [1.29, 1.82) is 0 Å². The molecule has 0 spiro atoms. The summed E-state index contributed by atoms with van der Waals surface area (Å²) in [6.07, 6.45) is -3.86. The minimum absolute atomic E-state index is 0.149. The van der Waals surface area contributed by atoms with E-state index in [1.807, 2.05) is 0 Å². The molecule has 0 aliphatic carbocycles. The van der Waals surface area contributed by atoms with Crippen molar-refractivity contribution in [2.24, 2.45) is 0 Å². The molecule has 2 rings (SSSR count). The van der Waals surface area contributed by atoms with Crippen LogP contribution in [0.1, 0.15) is 5.56 Å². The van der Waals surface area contributed by atoms with Gasteiger partial charge in [0.15, 0.2) is 0 Å². The third-order valence-electron chi connectivity index (χ3n) is 2.24. The first-order chi connectivity index (χ1) is 9.27. The van der Waals surface area contributed by atoms with Gasteiger partial charge in [-0.05, 0) is 24.3 Å². The number of benzene rings is 1. The van der Waals surface area contributed by atoms with Gasteiger partial charge in [0, 0.05) is 10.7 Å². The highest BCUT2D eigenvalue weighted by Crippen LogP contribution is 2.36. The van der Waals surface area contributed by atoms with Crippen LogP contribution < -0.4 is 4.74 Å². The molecule has 0 atom stereocenters. The van der Waals surface area contributed by atoms with Crippen LogP contribution in [0.2, 0.25) is 10.0 Å². The van der Waals surface area contributed by atoms with Gasteiger partial charge in [-0.25, -0.2) is 4.98 Å².